The van der Waals surface area contributed by atoms with Crippen molar-refractivity contribution >= 4 is 5.96 Å². The van der Waals surface area contributed by atoms with Crippen LogP contribution in [0.25, 0.3) is 0 Å². The van der Waals surface area contributed by atoms with Crippen LogP contribution in [0.2, 0.25) is 0 Å². The number of nitrogens with one attached hydrogen (secondary N) is 1. The molecule has 2 heterocycles. The monoisotopic (exact) mass is 317 g/mol. The molecule has 5 heteroatoms. The van der Waals surface area contributed by atoms with Crippen molar-refractivity contribution in [2.24, 2.45) is 10.4 Å². The van der Waals surface area contributed by atoms with Crippen molar-refractivity contribution in [2.45, 2.75) is 19.8 Å². The number of nitrogens with zero attached hydrogens (tertiary/aromatic N) is 2. The summed E-state index contributed by atoms with van der Waals surface area (Å²) in [7, 11) is 1.85. The first-order valence-electron chi connectivity index (χ1n) is 8.44. The van der Waals surface area contributed by atoms with Crippen LogP contribution in [0.4, 0.5) is 0 Å². The van der Waals surface area contributed by atoms with E-state index in [-0.39, 0.29) is 0 Å². The van der Waals surface area contributed by atoms with E-state index in [1.807, 2.05) is 19.2 Å². The lowest BCUT2D eigenvalue weighted by Gasteiger charge is -2.24. The number of hydrogen-bond acceptors (Lipinski definition) is 3. The van der Waals surface area contributed by atoms with Crippen LogP contribution in [-0.2, 0) is 4.74 Å². The van der Waals surface area contributed by atoms with E-state index >= 15 is 0 Å². The molecular weight excluding hydrogens is 290 g/mol. The van der Waals surface area contributed by atoms with Gasteiger partial charge in [0.2, 0.25) is 0 Å². The highest BCUT2D eigenvalue weighted by molar-refractivity contribution is 5.80. The van der Waals surface area contributed by atoms with Crippen LogP contribution in [0.3, 0.4) is 0 Å². The molecule has 0 saturated carbocycles. The number of likely N-dealkylation sites (tertiary alicyclic amines) is 1. The molecule has 0 aromatic heterocycles. The third-order valence-corrected chi connectivity index (χ3v) is 4.81. The van der Waals surface area contributed by atoms with Crippen molar-refractivity contribution in [3.63, 3.8) is 0 Å². The second kappa shape index (κ2) is 7.21. The predicted octanol–water partition coefficient (Wildman–Crippen LogP) is 2.06. The highest BCUT2D eigenvalue weighted by Gasteiger charge is 2.42. The lowest BCUT2D eigenvalue weighted by atomic mass is 9.87. The van der Waals surface area contributed by atoms with E-state index in [9.17, 15) is 0 Å². The zero-order valence-corrected chi connectivity index (χ0v) is 14.2. The van der Waals surface area contributed by atoms with E-state index < -0.39 is 0 Å². The van der Waals surface area contributed by atoms with Gasteiger partial charge in [-0.3, -0.25) is 4.99 Å². The lowest BCUT2D eigenvalue weighted by Crippen LogP contribution is -2.42. The summed E-state index contributed by atoms with van der Waals surface area (Å²) in [5, 5.41) is 3.41. The van der Waals surface area contributed by atoms with Gasteiger partial charge in [0, 0.05) is 32.2 Å². The Morgan fingerprint density at radius 2 is 2.17 bits per heavy atom. The molecule has 0 bridgehead atoms. The first kappa shape index (κ1) is 16.1. The minimum atomic E-state index is 0.357. The standard InChI is InChI=1S/C18H27N3O2/c1-15-3-5-16(6-4-15)23-12-9-20-17(19-2)21-10-7-18(13-21)8-11-22-14-18/h3-6H,7-14H2,1-2H3,(H,19,20). The molecular formula is C18H27N3O2. The van der Waals surface area contributed by atoms with Crippen LogP contribution in [0.1, 0.15) is 18.4 Å². The Morgan fingerprint density at radius 3 is 2.87 bits per heavy atom. The van der Waals surface area contributed by atoms with E-state index in [0.29, 0.717) is 12.0 Å². The highest BCUT2D eigenvalue weighted by Crippen LogP contribution is 2.38. The zero-order valence-electron chi connectivity index (χ0n) is 14.2. The Balaban J connectivity index is 1.42. The van der Waals surface area contributed by atoms with E-state index in [1.165, 1.54) is 18.4 Å². The van der Waals surface area contributed by atoms with Gasteiger partial charge in [0.05, 0.1) is 13.2 Å². The minimum absolute atomic E-state index is 0.357. The molecule has 1 unspecified atom stereocenters. The molecule has 2 aliphatic rings. The molecule has 2 aliphatic heterocycles. The number of guanidine groups is 1. The number of hydrogen-bond donors (Lipinski definition) is 1. The average molecular weight is 317 g/mol. The van der Waals surface area contributed by atoms with Gasteiger partial charge >= 0.3 is 0 Å². The second-order valence-corrected chi connectivity index (χ2v) is 6.61. The highest BCUT2D eigenvalue weighted by atomic mass is 16.5. The van der Waals surface area contributed by atoms with Gasteiger partial charge in [-0.2, -0.15) is 0 Å². The number of aryl methyl sites for hydroxylation is 1. The van der Waals surface area contributed by atoms with Gasteiger partial charge in [0.25, 0.3) is 0 Å². The fourth-order valence-electron chi connectivity index (χ4n) is 3.39. The molecule has 2 saturated heterocycles. The van der Waals surface area contributed by atoms with Gasteiger partial charge in [-0.1, -0.05) is 17.7 Å². The number of aliphatic imine (C=N–C) groups is 1. The normalized spacial score (nSPS) is 24.4. The molecule has 3 rings (SSSR count). The SMILES string of the molecule is CN=C(NCCOc1ccc(C)cc1)N1CCC2(CCOC2)C1. The Hall–Kier alpha value is -1.75. The third kappa shape index (κ3) is 3.96. The molecule has 1 spiro atoms. The van der Waals surface area contributed by atoms with Gasteiger partial charge in [0.1, 0.15) is 12.4 Å². The maximum Gasteiger partial charge on any atom is 0.193 e. The summed E-state index contributed by atoms with van der Waals surface area (Å²) in [4.78, 5) is 6.76. The summed E-state index contributed by atoms with van der Waals surface area (Å²) in [5.74, 6) is 1.89. The van der Waals surface area contributed by atoms with Crippen LogP contribution in [0.15, 0.2) is 29.3 Å². The summed E-state index contributed by atoms with van der Waals surface area (Å²) in [6, 6.07) is 8.15. The van der Waals surface area contributed by atoms with Crippen LogP contribution in [-0.4, -0.2) is 57.4 Å². The maximum atomic E-state index is 5.76. The Bertz CT molecular complexity index is 536. The lowest BCUT2D eigenvalue weighted by molar-refractivity contribution is 0.156. The van der Waals surface area contributed by atoms with E-state index in [0.717, 1.165) is 44.6 Å². The van der Waals surface area contributed by atoms with Gasteiger partial charge < -0.3 is 19.7 Å². The van der Waals surface area contributed by atoms with Crippen LogP contribution in [0, 0.1) is 12.3 Å². The number of ether oxygens (including phenoxy) is 2. The minimum Gasteiger partial charge on any atom is -0.492 e. The van der Waals surface area contributed by atoms with Crippen molar-refractivity contribution in [1.29, 1.82) is 0 Å². The van der Waals surface area contributed by atoms with Gasteiger partial charge in [-0.05, 0) is 31.9 Å². The zero-order chi connectivity index (χ0) is 16.1. The molecule has 23 heavy (non-hydrogen) atoms. The molecule has 5 nitrogen and oxygen atoms in total. The molecule has 1 N–H and O–H groups in total. The smallest absolute Gasteiger partial charge is 0.193 e. The first-order valence-corrected chi connectivity index (χ1v) is 8.44. The summed E-state index contributed by atoms with van der Waals surface area (Å²) in [6.07, 6.45) is 2.38. The molecule has 126 valence electrons. The Kier molecular flexibility index (Phi) is 5.06. The third-order valence-electron chi connectivity index (χ3n) is 4.81. The molecule has 0 amide bonds. The van der Waals surface area contributed by atoms with Crippen molar-refractivity contribution in [2.75, 3.05) is 46.5 Å². The molecule has 1 aromatic carbocycles. The average Bonchev–Trinajstić information content (AvgIpc) is 3.20. The fourth-order valence-corrected chi connectivity index (χ4v) is 3.39. The molecule has 1 atom stereocenters. The van der Waals surface area contributed by atoms with Crippen molar-refractivity contribution in [1.82, 2.24) is 10.2 Å². The number of rotatable bonds is 4. The largest absolute Gasteiger partial charge is 0.492 e. The van der Waals surface area contributed by atoms with Gasteiger partial charge in [0.15, 0.2) is 5.96 Å². The maximum absolute atomic E-state index is 5.76. The van der Waals surface area contributed by atoms with Crippen molar-refractivity contribution < 1.29 is 9.47 Å². The quantitative estimate of drug-likeness (QED) is 0.524. The summed E-state index contributed by atoms with van der Waals surface area (Å²) >= 11 is 0. The van der Waals surface area contributed by atoms with Crippen LogP contribution < -0.4 is 10.1 Å². The summed E-state index contributed by atoms with van der Waals surface area (Å²) < 4.78 is 11.3. The Morgan fingerprint density at radius 1 is 1.35 bits per heavy atom. The predicted molar refractivity (Wildman–Crippen MR) is 92.1 cm³/mol. The molecule has 0 aliphatic carbocycles. The van der Waals surface area contributed by atoms with Crippen molar-refractivity contribution in [3.8, 4) is 5.75 Å². The van der Waals surface area contributed by atoms with Crippen LogP contribution in [0.5, 0.6) is 5.75 Å². The molecule has 2 fully saturated rings. The van der Waals surface area contributed by atoms with Crippen molar-refractivity contribution in [3.05, 3.63) is 29.8 Å². The van der Waals surface area contributed by atoms with E-state index in [4.69, 9.17) is 9.47 Å². The van der Waals surface area contributed by atoms with Gasteiger partial charge in [-0.15, -0.1) is 0 Å². The van der Waals surface area contributed by atoms with Crippen LogP contribution >= 0.6 is 0 Å². The Labute approximate surface area is 138 Å². The summed E-state index contributed by atoms with van der Waals surface area (Å²) in [6.45, 7) is 7.37. The molecule has 1 aromatic rings. The summed E-state index contributed by atoms with van der Waals surface area (Å²) in [5.41, 5.74) is 1.60. The topological polar surface area (TPSA) is 46.1 Å². The molecule has 0 radical (unpaired) electrons. The second-order valence-electron chi connectivity index (χ2n) is 6.61. The first-order chi connectivity index (χ1) is 11.2. The van der Waals surface area contributed by atoms with E-state index in [2.05, 4.69) is 34.3 Å². The van der Waals surface area contributed by atoms with E-state index in [1.54, 1.807) is 0 Å². The van der Waals surface area contributed by atoms with Gasteiger partial charge in [-0.25, -0.2) is 0 Å². The fraction of sp³-hybridized carbons (Fsp3) is 0.611. The number of benzene rings is 1.